The summed E-state index contributed by atoms with van der Waals surface area (Å²) in [7, 11) is 3.00. The monoisotopic (exact) mass is 244 g/mol. The Labute approximate surface area is 96.7 Å². The number of rotatable bonds is 4. The number of carbonyl (C=O) groups is 1. The van der Waals surface area contributed by atoms with E-state index < -0.39 is 0 Å². The van der Waals surface area contributed by atoms with E-state index in [1.807, 2.05) is 12.2 Å². The highest BCUT2D eigenvalue weighted by Gasteiger charge is 2.05. The van der Waals surface area contributed by atoms with Crippen LogP contribution in [0.1, 0.15) is 6.92 Å². The Morgan fingerprint density at radius 3 is 2.87 bits per heavy atom. The maximum absolute atomic E-state index is 11.0. The first-order valence-electron chi connectivity index (χ1n) is 4.47. The molecule has 1 N–H and O–H groups in total. The van der Waals surface area contributed by atoms with Gasteiger partial charge in [0.1, 0.15) is 0 Å². The van der Waals surface area contributed by atoms with Gasteiger partial charge >= 0.3 is 5.97 Å². The highest BCUT2D eigenvalue weighted by Crippen LogP contribution is 2.40. The molecule has 0 amide bonds. The van der Waals surface area contributed by atoms with Gasteiger partial charge in [0.25, 0.3) is 0 Å². The lowest BCUT2D eigenvalue weighted by Gasteiger charge is -2.07. The minimum atomic E-state index is -0.332. The van der Waals surface area contributed by atoms with E-state index in [2.05, 4.69) is 0 Å². The lowest BCUT2D eigenvalue weighted by molar-refractivity contribution is -0.137. The highest BCUT2D eigenvalue weighted by atomic mass is 33.1. The van der Waals surface area contributed by atoms with Gasteiger partial charge in [0, 0.05) is 15.9 Å². The number of aliphatic hydroxyl groups is 1. The number of hydrogen-bond acceptors (Lipinski definition) is 5. The highest BCUT2D eigenvalue weighted by molar-refractivity contribution is 8.79. The quantitative estimate of drug-likeness (QED) is 0.467. The predicted molar refractivity (Wildman–Crippen MR) is 64.2 cm³/mol. The first kappa shape index (κ1) is 12.4. The zero-order valence-electron chi connectivity index (χ0n) is 8.30. The Bertz CT molecular complexity index is 319. The topological polar surface area (TPSA) is 46.5 Å². The molecule has 0 aliphatic carbocycles. The molecule has 82 valence electrons. The summed E-state index contributed by atoms with van der Waals surface area (Å²) in [6.45, 7) is 2.22. The van der Waals surface area contributed by atoms with Crippen LogP contribution in [0, 0.1) is 0 Å². The molecule has 1 rings (SSSR count). The van der Waals surface area contributed by atoms with E-state index in [0.717, 1.165) is 9.81 Å². The normalized spacial score (nSPS) is 16.1. The molecular weight excluding hydrogens is 232 g/mol. The molecule has 0 saturated carbocycles. The number of aliphatic hydroxyl groups excluding tert-OH is 1. The van der Waals surface area contributed by atoms with Gasteiger partial charge < -0.3 is 9.84 Å². The van der Waals surface area contributed by atoms with Gasteiger partial charge in [0.15, 0.2) is 0 Å². The maximum atomic E-state index is 11.0. The molecule has 1 aliphatic heterocycles. The van der Waals surface area contributed by atoms with Crippen molar-refractivity contribution in [3.8, 4) is 0 Å². The van der Waals surface area contributed by atoms with Crippen LogP contribution in [0.15, 0.2) is 34.1 Å². The van der Waals surface area contributed by atoms with Crippen molar-refractivity contribution < 1.29 is 14.6 Å². The van der Waals surface area contributed by atoms with Gasteiger partial charge in [-0.3, -0.25) is 0 Å². The van der Waals surface area contributed by atoms with E-state index in [4.69, 9.17) is 9.84 Å². The van der Waals surface area contributed by atoms with Gasteiger partial charge in [-0.1, -0.05) is 21.6 Å². The molecule has 3 nitrogen and oxygen atoms in total. The third-order valence-electron chi connectivity index (χ3n) is 1.50. The van der Waals surface area contributed by atoms with Crippen molar-refractivity contribution >= 4 is 27.6 Å². The molecule has 1 heterocycles. The average molecular weight is 244 g/mol. The number of ether oxygens (including phenoxy) is 1. The van der Waals surface area contributed by atoms with Gasteiger partial charge in [0.05, 0.1) is 13.2 Å². The molecule has 0 aromatic rings. The fourth-order valence-corrected chi connectivity index (χ4v) is 2.73. The molecule has 0 aromatic carbocycles. The fraction of sp³-hybridized carbons (Fsp3) is 0.300. The molecule has 5 heteroatoms. The van der Waals surface area contributed by atoms with Gasteiger partial charge in [-0.25, -0.2) is 4.79 Å². The van der Waals surface area contributed by atoms with Crippen molar-refractivity contribution in [2.24, 2.45) is 0 Å². The lowest BCUT2D eigenvalue weighted by Crippen LogP contribution is -1.98. The number of hydrogen-bond donors (Lipinski definition) is 1. The largest absolute Gasteiger partial charge is 0.463 e. The van der Waals surface area contributed by atoms with Crippen LogP contribution in [0.4, 0.5) is 0 Å². The molecule has 0 fully saturated rings. The smallest absolute Gasteiger partial charge is 0.330 e. The van der Waals surface area contributed by atoms with Crippen molar-refractivity contribution in [2.75, 3.05) is 13.2 Å². The molecule has 0 bridgehead atoms. The van der Waals surface area contributed by atoms with Crippen LogP contribution in [0.3, 0.4) is 0 Å². The molecular formula is C10H12O3S2. The summed E-state index contributed by atoms with van der Waals surface area (Å²) in [5.41, 5.74) is 0. The zero-order chi connectivity index (χ0) is 11.1. The second-order valence-electron chi connectivity index (χ2n) is 2.61. The van der Waals surface area contributed by atoms with Crippen LogP contribution in [0.2, 0.25) is 0 Å². The van der Waals surface area contributed by atoms with Gasteiger partial charge in [-0.15, -0.1) is 0 Å². The summed E-state index contributed by atoms with van der Waals surface area (Å²) in [5, 5.41) is 8.84. The Morgan fingerprint density at radius 2 is 2.33 bits per heavy atom. The summed E-state index contributed by atoms with van der Waals surface area (Å²) >= 11 is 0. The molecule has 0 saturated heterocycles. The van der Waals surface area contributed by atoms with E-state index in [0.29, 0.717) is 6.61 Å². The lowest BCUT2D eigenvalue weighted by atomic mass is 10.4. The third kappa shape index (κ3) is 4.59. The average Bonchev–Trinajstić information content (AvgIpc) is 2.27. The zero-order valence-corrected chi connectivity index (χ0v) is 9.94. The predicted octanol–water partition coefficient (Wildman–Crippen LogP) is 2.26. The Balaban J connectivity index is 2.50. The van der Waals surface area contributed by atoms with E-state index in [9.17, 15) is 4.79 Å². The Hall–Kier alpha value is -0.650. The number of allylic oxidation sites excluding steroid dienone is 3. The minimum Gasteiger partial charge on any atom is -0.463 e. The molecule has 0 aromatic heterocycles. The first-order valence-corrected chi connectivity index (χ1v) is 6.62. The summed E-state index contributed by atoms with van der Waals surface area (Å²) in [6, 6.07) is 0. The van der Waals surface area contributed by atoms with E-state index in [-0.39, 0.29) is 12.6 Å². The van der Waals surface area contributed by atoms with Crippen molar-refractivity contribution in [1.29, 1.82) is 0 Å². The van der Waals surface area contributed by atoms with Crippen LogP contribution in [-0.4, -0.2) is 24.3 Å². The standard InChI is InChI=1S/C10H12O3S2/c1-2-13-10(12)6-5-8-3-4-9(7-11)15-14-8/h3-6,11H,2,7H2,1H3/b6-5+. The number of esters is 1. The SMILES string of the molecule is CCOC(=O)/C=C/C1=CC=C(CO)SS1. The maximum Gasteiger partial charge on any atom is 0.330 e. The van der Waals surface area contributed by atoms with Crippen LogP contribution >= 0.6 is 21.6 Å². The van der Waals surface area contributed by atoms with Crippen molar-refractivity contribution in [1.82, 2.24) is 0 Å². The van der Waals surface area contributed by atoms with Crippen LogP contribution in [0.5, 0.6) is 0 Å². The second-order valence-corrected chi connectivity index (χ2v) is 4.94. The van der Waals surface area contributed by atoms with Gasteiger partial charge in [-0.2, -0.15) is 0 Å². The summed E-state index contributed by atoms with van der Waals surface area (Å²) < 4.78 is 4.75. The Kier molecular flexibility index (Phi) is 5.60. The second kappa shape index (κ2) is 6.76. The molecule has 0 atom stereocenters. The van der Waals surface area contributed by atoms with Crippen molar-refractivity contribution in [3.63, 3.8) is 0 Å². The molecule has 0 radical (unpaired) electrons. The Morgan fingerprint density at radius 1 is 1.53 bits per heavy atom. The third-order valence-corrected chi connectivity index (χ3v) is 4.00. The van der Waals surface area contributed by atoms with Crippen molar-refractivity contribution in [2.45, 2.75) is 6.92 Å². The van der Waals surface area contributed by atoms with Gasteiger partial charge in [0.2, 0.25) is 0 Å². The first-order chi connectivity index (χ1) is 7.26. The van der Waals surface area contributed by atoms with Gasteiger partial charge in [-0.05, 0) is 25.2 Å². The molecule has 15 heavy (non-hydrogen) atoms. The molecule has 0 unspecified atom stereocenters. The summed E-state index contributed by atoms with van der Waals surface area (Å²) in [5.74, 6) is -0.332. The van der Waals surface area contributed by atoms with Crippen LogP contribution in [0.25, 0.3) is 0 Å². The van der Waals surface area contributed by atoms with E-state index in [1.54, 1.807) is 13.0 Å². The van der Waals surface area contributed by atoms with Crippen molar-refractivity contribution in [3.05, 3.63) is 34.1 Å². The summed E-state index contributed by atoms with van der Waals surface area (Å²) in [6.07, 6.45) is 6.81. The fourth-order valence-electron chi connectivity index (χ4n) is 0.835. The van der Waals surface area contributed by atoms with Crippen LogP contribution in [-0.2, 0) is 9.53 Å². The van der Waals surface area contributed by atoms with E-state index in [1.165, 1.54) is 27.7 Å². The molecule has 1 aliphatic rings. The minimum absolute atomic E-state index is 0.0586. The number of carbonyl (C=O) groups excluding carboxylic acids is 1. The molecule has 0 spiro atoms. The van der Waals surface area contributed by atoms with E-state index >= 15 is 0 Å². The summed E-state index contributed by atoms with van der Waals surface area (Å²) in [4.78, 5) is 12.9. The van der Waals surface area contributed by atoms with Crippen LogP contribution < -0.4 is 0 Å².